The van der Waals surface area contributed by atoms with Crippen molar-refractivity contribution in [3.8, 4) is 5.75 Å². The van der Waals surface area contributed by atoms with E-state index in [1.54, 1.807) is 31.2 Å². The van der Waals surface area contributed by atoms with Crippen LogP contribution in [0.1, 0.15) is 13.8 Å². The second-order valence-corrected chi connectivity index (χ2v) is 6.79. The number of fused-ring (bicyclic) bond motifs is 5. The molecule has 0 spiro atoms. The molecule has 25 heavy (non-hydrogen) atoms. The fourth-order valence-electron chi connectivity index (χ4n) is 4.12. The zero-order valence-corrected chi connectivity index (χ0v) is 13.8. The van der Waals surface area contributed by atoms with E-state index in [2.05, 4.69) is 0 Å². The van der Waals surface area contributed by atoms with Crippen molar-refractivity contribution in [1.29, 1.82) is 0 Å². The number of aliphatic hydroxyl groups excluding tert-OH is 1. The summed E-state index contributed by atoms with van der Waals surface area (Å²) in [5.74, 6) is -2.26. The minimum Gasteiger partial charge on any atom is -0.427 e. The number of carbonyl (C=O) groups is 3. The zero-order chi connectivity index (χ0) is 18.0. The van der Waals surface area contributed by atoms with Crippen LogP contribution in [0.5, 0.6) is 5.75 Å². The average Bonchev–Trinajstić information content (AvgIpc) is 3.14. The predicted octanol–water partition coefficient (Wildman–Crippen LogP) is 0.807. The van der Waals surface area contributed by atoms with Gasteiger partial charge in [0.25, 0.3) is 0 Å². The number of benzene rings is 1. The van der Waals surface area contributed by atoms with E-state index < -0.39 is 34.9 Å². The van der Waals surface area contributed by atoms with Crippen LogP contribution < -0.4 is 9.64 Å². The van der Waals surface area contributed by atoms with Crippen molar-refractivity contribution in [1.82, 2.24) is 0 Å². The maximum atomic E-state index is 13.0. The van der Waals surface area contributed by atoms with Crippen molar-refractivity contribution in [3.63, 3.8) is 0 Å². The predicted molar refractivity (Wildman–Crippen MR) is 85.7 cm³/mol. The highest BCUT2D eigenvalue weighted by molar-refractivity contribution is 6.23. The summed E-state index contributed by atoms with van der Waals surface area (Å²) in [6.45, 7) is 2.68. The van der Waals surface area contributed by atoms with Gasteiger partial charge in [0.15, 0.2) is 0 Å². The molecule has 3 heterocycles. The van der Waals surface area contributed by atoms with Crippen LogP contribution >= 0.6 is 0 Å². The Morgan fingerprint density at radius 3 is 2.44 bits per heavy atom. The van der Waals surface area contributed by atoms with E-state index in [1.165, 1.54) is 19.1 Å². The molecule has 0 radical (unpaired) electrons. The monoisotopic (exact) mass is 343 g/mol. The maximum absolute atomic E-state index is 13.0. The molecular weight excluding hydrogens is 326 g/mol. The van der Waals surface area contributed by atoms with Crippen molar-refractivity contribution in [2.75, 3.05) is 11.5 Å². The van der Waals surface area contributed by atoms with Gasteiger partial charge in [-0.2, -0.15) is 0 Å². The van der Waals surface area contributed by atoms with Gasteiger partial charge >= 0.3 is 5.97 Å². The smallest absolute Gasteiger partial charge is 0.308 e. The van der Waals surface area contributed by atoms with Gasteiger partial charge in [-0.3, -0.25) is 14.4 Å². The third-order valence-electron chi connectivity index (χ3n) is 5.16. The van der Waals surface area contributed by atoms with Gasteiger partial charge in [-0.15, -0.1) is 0 Å². The molecule has 1 N–H and O–H groups in total. The molecule has 0 saturated carbocycles. The Hall–Kier alpha value is -2.51. The zero-order valence-electron chi connectivity index (χ0n) is 13.8. The number of esters is 1. The van der Waals surface area contributed by atoms with Crippen LogP contribution in [0.3, 0.4) is 0 Å². The van der Waals surface area contributed by atoms with Crippen LogP contribution in [0.4, 0.5) is 5.69 Å². The molecule has 0 unspecified atom stereocenters. The summed E-state index contributed by atoms with van der Waals surface area (Å²) < 4.78 is 10.8. The molecule has 7 nitrogen and oxygen atoms in total. The molecule has 0 aromatic heterocycles. The Morgan fingerprint density at radius 1 is 1.20 bits per heavy atom. The highest BCUT2D eigenvalue weighted by atomic mass is 16.5. The minimum atomic E-state index is -1.14. The van der Waals surface area contributed by atoms with Gasteiger partial charge in [-0.05, 0) is 31.2 Å². The summed E-state index contributed by atoms with van der Waals surface area (Å²) in [6, 6.07) is 6.16. The quantitative estimate of drug-likeness (QED) is 0.378. The fourth-order valence-corrected chi connectivity index (χ4v) is 4.12. The van der Waals surface area contributed by atoms with Crippen molar-refractivity contribution in [2.45, 2.75) is 25.0 Å². The van der Waals surface area contributed by atoms with E-state index >= 15 is 0 Å². The molecule has 7 heteroatoms. The lowest BCUT2D eigenvalue weighted by Crippen LogP contribution is -2.43. The van der Waals surface area contributed by atoms with Crippen molar-refractivity contribution in [3.05, 3.63) is 36.4 Å². The summed E-state index contributed by atoms with van der Waals surface area (Å²) in [4.78, 5) is 38.0. The summed E-state index contributed by atoms with van der Waals surface area (Å²) in [6.07, 6.45) is 3.44. The molecule has 3 aliphatic rings. The Morgan fingerprint density at radius 2 is 1.84 bits per heavy atom. The number of imide groups is 1. The lowest BCUT2D eigenvalue weighted by atomic mass is 9.73. The van der Waals surface area contributed by atoms with Crippen LogP contribution in [0.2, 0.25) is 0 Å². The first-order valence-corrected chi connectivity index (χ1v) is 7.99. The van der Waals surface area contributed by atoms with Gasteiger partial charge in [-0.25, -0.2) is 4.90 Å². The standard InChI is InChI=1S/C18H17NO6/c1-10(21)24-12-5-3-11(4-6-12)19-15(22)13-14(16(19)23)18(9-20)8-7-17(13,2)25-18/h3-8,13-14,20H,9H2,1-2H3/t13-,14+,17+,18-/m0/s1. The largest absolute Gasteiger partial charge is 0.427 e. The van der Waals surface area contributed by atoms with E-state index in [1.807, 2.05) is 0 Å². The van der Waals surface area contributed by atoms with Gasteiger partial charge < -0.3 is 14.6 Å². The summed E-state index contributed by atoms with van der Waals surface area (Å²) in [7, 11) is 0. The molecule has 130 valence electrons. The van der Waals surface area contributed by atoms with Crippen LogP contribution in [-0.2, 0) is 19.1 Å². The molecule has 3 aliphatic heterocycles. The van der Waals surface area contributed by atoms with Gasteiger partial charge in [0.1, 0.15) is 11.4 Å². The average molecular weight is 343 g/mol. The van der Waals surface area contributed by atoms with E-state index in [0.29, 0.717) is 11.4 Å². The Labute approximate surface area is 143 Å². The molecule has 1 aromatic rings. The SMILES string of the molecule is CC(=O)Oc1ccc(N2C(=O)[C@@H]3[C@H](C2=O)[C@@]2(CO)C=C[C@@]3(C)O2)cc1. The molecule has 2 amide bonds. The van der Waals surface area contributed by atoms with E-state index in [0.717, 1.165) is 4.90 Å². The molecule has 0 aliphatic carbocycles. The summed E-state index contributed by atoms with van der Waals surface area (Å²) >= 11 is 0. The number of hydrogen-bond donors (Lipinski definition) is 1. The molecule has 2 saturated heterocycles. The van der Waals surface area contributed by atoms with Crippen molar-refractivity contribution >= 4 is 23.5 Å². The minimum absolute atomic E-state index is 0.333. The highest BCUT2D eigenvalue weighted by Crippen LogP contribution is 2.57. The Bertz CT molecular complexity index is 815. The molecule has 1 aromatic carbocycles. The summed E-state index contributed by atoms with van der Waals surface area (Å²) in [5, 5.41) is 9.78. The van der Waals surface area contributed by atoms with Crippen molar-refractivity contribution in [2.24, 2.45) is 11.8 Å². The number of rotatable bonds is 3. The third kappa shape index (κ3) is 2.03. The van der Waals surface area contributed by atoms with Crippen LogP contribution in [-0.4, -0.2) is 40.7 Å². The third-order valence-corrected chi connectivity index (χ3v) is 5.16. The van der Waals surface area contributed by atoms with Crippen LogP contribution in [0.15, 0.2) is 36.4 Å². The summed E-state index contributed by atoms with van der Waals surface area (Å²) in [5.41, 5.74) is -1.64. The number of anilines is 1. The molecule has 2 fully saturated rings. The van der Waals surface area contributed by atoms with E-state index in [4.69, 9.17) is 9.47 Å². The second kappa shape index (κ2) is 5.00. The molecule has 4 atom stereocenters. The lowest BCUT2D eigenvalue weighted by Gasteiger charge is -2.26. The van der Waals surface area contributed by atoms with E-state index in [-0.39, 0.29) is 12.5 Å². The number of nitrogens with zero attached hydrogens (tertiary/aromatic N) is 1. The number of carbonyl (C=O) groups excluding carboxylic acids is 3. The first kappa shape index (κ1) is 16.0. The topological polar surface area (TPSA) is 93.1 Å². The normalized spacial score (nSPS) is 35.4. The first-order chi connectivity index (χ1) is 11.8. The maximum Gasteiger partial charge on any atom is 0.308 e. The fraction of sp³-hybridized carbons (Fsp3) is 0.389. The lowest BCUT2D eigenvalue weighted by molar-refractivity contribution is -0.133. The number of hydrogen-bond acceptors (Lipinski definition) is 6. The van der Waals surface area contributed by atoms with Crippen LogP contribution in [0.25, 0.3) is 0 Å². The van der Waals surface area contributed by atoms with Gasteiger partial charge in [0.05, 0.1) is 29.7 Å². The van der Waals surface area contributed by atoms with Crippen LogP contribution in [0, 0.1) is 11.8 Å². The Balaban J connectivity index is 1.69. The number of ether oxygens (including phenoxy) is 2. The molecular formula is C18H17NO6. The Kier molecular flexibility index (Phi) is 3.20. The van der Waals surface area contributed by atoms with Gasteiger partial charge in [-0.1, -0.05) is 12.2 Å². The molecule has 4 rings (SSSR count). The highest BCUT2D eigenvalue weighted by Gasteiger charge is 2.72. The van der Waals surface area contributed by atoms with Crippen molar-refractivity contribution < 1.29 is 29.0 Å². The van der Waals surface area contributed by atoms with Gasteiger partial charge in [0, 0.05) is 6.92 Å². The number of aliphatic hydroxyl groups is 1. The first-order valence-electron chi connectivity index (χ1n) is 7.99. The van der Waals surface area contributed by atoms with Gasteiger partial charge in [0.2, 0.25) is 11.8 Å². The molecule has 2 bridgehead atoms. The second-order valence-electron chi connectivity index (χ2n) is 6.79. The number of amides is 2. The van der Waals surface area contributed by atoms with E-state index in [9.17, 15) is 19.5 Å².